The van der Waals surface area contributed by atoms with Gasteiger partial charge in [0.25, 0.3) is 10.1 Å². The summed E-state index contributed by atoms with van der Waals surface area (Å²) >= 11 is 0. The molecule has 0 aromatic rings. The third-order valence-corrected chi connectivity index (χ3v) is 4.79. The van der Waals surface area contributed by atoms with Gasteiger partial charge < -0.3 is 0 Å². The van der Waals surface area contributed by atoms with Crippen molar-refractivity contribution in [2.75, 3.05) is 136 Å². The molecule has 0 bridgehead atoms. The van der Waals surface area contributed by atoms with E-state index in [4.69, 9.17) is 56.4 Å². The summed E-state index contributed by atoms with van der Waals surface area (Å²) in [5, 5.41) is 0. The van der Waals surface area contributed by atoms with Gasteiger partial charge in [-0.05, 0) is 52.0 Å². The summed E-state index contributed by atoms with van der Waals surface area (Å²) in [6.07, 6.45) is -34.8. The van der Waals surface area contributed by atoms with Gasteiger partial charge in [0.2, 0.25) is 0 Å². The fourth-order valence-electron chi connectivity index (χ4n) is 1.61. The van der Waals surface area contributed by atoms with Crippen LogP contribution in [0.15, 0.2) is 0 Å². The van der Waals surface area contributed by atoms with Crippen molar-refractivity contribution < 1.29 is 276 Å². The van der Waals surface area contributed by atoms with Crippen LogP contribution in [0.4, 0.5) is 187 Å². The summed E-state index contributed by atoms with van der Waals surface area (Å²) < 4.78 is 604. The Labute approximate surface area is 645 Å². The monoisotopic (exact) mass is 1970 g/mol. The average molecular weight is 1970 g/mol. The first-order valence-electron chi connectivity index (χ1n) is 23.0. The van der Waals surface area contributed by atoms with Crippen molar-refractivity contribution >= 4 is 52.1 Å². The predicted molar refractivity (Wildman–Crippen MR) is 348 cm³/mol. The quantitative estimate of drug-likeness (QED) is 0.0308. The normalized spacial score (nSPS) is 9.93. The van der Waals surface area contributed by atoms with Gasteiger partial charge in [-0.2, -0.15) is 126 Å². The van der Waals surface area contributed by atoms with Gasteiger partial charge in [-0.15, -0.1) is 4.94 Å². The third kappa shape index (κ3) is 333. The van der Waals surface area contributed by atoms with Crippen LogP contribution in [-0.2, 0) is 76.0 Å². The molecule has 0 saturated carbocycles. The molecule has 20 nitrogen and oxygen atoms in total. The molecule has 0 aliphatic heterocycles. The van der Waals surface area contributed by atoms with E-state index in [2.05, 4.69) is 18.9 Å². The maximum absolute atomic E-state index is 12.1. The highest BCUT2D eigenvalue weighted by Gasteiger charge is 2.73. The molecular weight excluding hydrogens is 1860 g/mol. The molecule has 750 valence electrons. The van der Waals surface area contributed by atoms with Crippen LogP contribution >= 0.6 is 0 Å². The number of ether oxygens (including phenoxy) is 4. The maximum Gasteiger partial charge on any atom is 0.435 e. The van der Waals surface area contributed by atoms with Gasteiger partial charge >= 0.3 is 96.7 Å². The number of hydrogen-bond donors (Lipinski definition) is 5. The van der Waals surface area contributed by atoms with Crippen LogP contribution in [0.5, 0.6) is 0 Å². The molecule has 0 unspecified atom stereocenters. The molecular formula is C47H111F43O20S5. The van der Waals surface area contributed by atoms with E-state index < -0.39 is 174 Å². The summed E-state index contributed by atoms with van der Waals surface area (Å²) in [4.78, 5) is 1.88. The van der Waals surface area contributed by atoms with Crippen molar-refractivity contribution in [1.82, 2.24) is 0 Å². The predicted octanol–water partition coefficient (Wildman–Crippen LogP) is 24.1. The Morgan fingerprint density at radius 1 is 0.296 bits per heavy atom. The van der Waals surface area contributed by atoms with E-state index in [0.29, 0.717) is 35.9 Å². The smallest absolute Gasteiger partial charge is 0.288 e. The van der Waals surface area contributed by atoms with Crippen LogP contribution in [0.2, 0.25) is 0 Å². The lowest BCUT2D eigenvalue weighted by Gasteiger charge is -2.29. The molecule has 0 fully saturated rings. The molecule has 0 rings (SSSR count). The Kier molecular flexibility index (Phi) is 220. The summed E-state index contributed by atoms with van der Waals surface area (Å²) in [6.45, 7) is -12.5. The SMILES string of the molecule is C.C.C.C.C.C.C.C.C.C.CCF.CCF.CCF.CCF.CCF.CF.CF.CF.CF.CF.FCC(F)(F)OC(F)(F)CF.FCC(F)(F)OF.FCOC(F)(F)C(F)(F)C(F)(F)CF.FCOC(F)(F)CC(F)(F)F.FCOC(F)(F)CF.O=S(=O)(O)CCCCF.O=S(=O)(O)F.O=S(=O)(O)F.O=S(=O)(O)F.O=S(=O)(O)F. The van der Waals surface area contributed by atoms with Crippen LogP contribution in [0.25, 0.3) is 0 Å². The number of alkyl halides is 38. The van der Waals surface area contributed by atoms with E-state index in [0.717, 1.165) is 0 Å². The van der Waals surface area contributed by atoms with Crippen LogP contribution in [0.3, 0.4) is 0 Å². The first kappa shape index (κ1) is 205. The van der Waals surface area contributed by atoms with Crippen molar-refractivity contribution in [2.45, 2.75) is 183 Å². The largest absolute Gasteiger partial charge is 0.435 e. The molecule has 0 aromatic carbocycles. The average Bonchev–Trinajstić information content (AvgIpc) is 0.775. The van der Waals surface area contributed by atoms with Gasteiger partial charge in [0.1, 0.15) is 6.42 Å². The van der Waals surface area contributed by atoms with Crippen LogP contribution in [-0.4, -0.2) is 255 Å². The zero-order valence-electron chi connectivity index (χ0n) is 53.9. The second-order valence-corrected chi connectivity index (χ2v) is 16.9. The van der Waals surface area contributed by atoms with E-state index in [1.54, 1.807) is 0 Å². The zero-order valence-corrected chi connectivity index (χ0v) is 58.0. The lowest BCUT2D eigenvalue weighted by Crippen LogP contribution is -2.56. The molecule has 0 aliphatic carbocycles. The van der Waals surface area contributed by atoms with Gasteiger partial charge in [0.05, 0.1) is 81.7 Å². The fraction of sp³-hybridized carbons (Fsp3) is 1.00. The standard InChI is InChI=1S/C5H4F8O.2C4H4F6O.C4H9FO3S.C3H4F4O.C2H2F4O.5C2H5F.5CH3F.10CH4.4FHO3S/c6-1-3(8,9)4(10,11)5(12,13)14-2-7;5-1-3(7,8)11-4(9,10)2-6;5-2-11-4(9,10)1-3(6,7)8;5-3-1-2-4-9(6,7)8;4-1-3(6,7)8-2-5;3-1-2(4,5)7-6;5*1-2-3;5*1-2;;;;;;;;;;;4*1-5(2,3)4/h1-2H2;2*1-2H2;1-4H2,(H,6,7,8);1-2H2;1H2;5*2H2,1H3;5*1H3;10*1H4;4*(H,2,3,4). The third-order valence-electron chi connectivity index (χ3n) is 3.99. The summed E-state index contributed by atoms with van der Waals surface area (Å²) in [7, 11) is -22.0. The van der Waals surface area contributed by atoms with E-state index in [1.807, 2.05) is 4.94 Å². The van der Waals surface area contributed by atoms with Crippen LogP contribution < -0.4 is 0 Å². The Balaban J connectivity index is -0.0000000242. The first-order chi connectivity index (χ1) is 46.6. The molecule has 0 amide bonds. The van der Waals surface area contributed by atoms with E-state index in [-0.39, 0.29) is 126 Å². The number of halogens is 43. The second kappa shape index (κ2) is 124. The highest BCUT2D eigenvalue weighted by molar-refractivity contribution is 7.85. The minimum Gasteiger partial charge on any atom is -0.288 e. The minimum absolute atomic E-state index is 0. The molecule has 0 atom stereocenters. The van der Waals surface area contributed by atoms with E-state index >= 15 is 0 Å². The highest BCUT2D eigenvalue weighted by Crippen LogP contribution is 2.46. The maximum atomic E-state index is 12.1. The molecule has 0 radical (unpaired) electrons. The van der Waals surface area contributed by atoms with E-state index in [1.165, 1.54) is 34.6 Å². The molecule has 0 saturated heterocycles. The second-order valence-electron chi connectivity index (χ2n) is 12.0. The number of rotatable bonds is 21. The number of unbranched alkanes of at least 4 members (excludes halogenated alkanes) is 1. The van der Waals surface area contributed by atoms with Crippen molar-refractivity contribution in [3.63, 3.8) is 0 Å². The van der Waals surface area contributed by atoms with Gasteiger partial charge in [-0.3, -0.25) is 90.0 Å². The molecule has 115 heavy (non-hydrogen) atoms. The lowest BCUT2D eigenvalue weighted by atomic mass is 10.2. The molecule has 5 N–H and O–H groups in total. The van der Waals surface area contributed by atoms with Crippen molar-refractivity contribution in [2.24, 2.45) is 0 Å². The highest BCUT2D eigenvalue weighted by atomic mass is 32.3. The fourth-order valence-corrected chi connectivity index (χ4v) is 2.18. The van der Waals surface area contributed by atoms with Gasteiger partial charge in [-0.25, -0.2) is 35.1 Å². The molecule has 0 aromatic heterocycles. The Bertz CT molecular complexity index is 2040. The first-order valence-corrected chi connectivity index (χ1v) is 29.9. The molecule has 0 heterocycles. The molecule has 68 heteroatoms. The van der Waals surface area contributed by atoms with Gasteiger partial charge in [0.15, 0.2) is 54.0 Å². The van der Waals surface area contributed by atoms with Crippen molar-refractivity contribution in [3.8, 4) is 0 Å². The van der Waals surface area contributed by atoms with Crippen molar-refractivity contribution in [1.29, 1.82) is 0 Å². The summed E-state index contributed by atoms with van der Waals surface area (Å²) in [6, 6.07) is 0. The van der Waals surface area contributed by atoms with Crippen LogP contribution in [0, 0.1) is 0 Å². The topological polar surface area (TPSA) is 318 Å². The summed E-state index contributed by atoms with van der Waals surface area (Å²) in [5.41, 5.74) is 0. The summed E-state index contributed by atoms with van der Waals surface area (Å²) in [5.74, 6) is -12.1. The zero-order chi connectivity index (χ0) is 91.3. The van der Waals surface area contributed by atoms with Crippen molar-refractivity contribution in [3.05, 3.63) is 0 Å². The molecule has 0 aliphatic rings. The Hall–Kier alpha value is -3.66. The van der Waals surface area contributed by atoms with Gasteiger partial charge in [0, 0.05) is 0 Å². The van der Waals surface area contributed by atoms with Crippen LogP contribution in [0.1, 0.15) is 128 Å². The Morgan fingerprint density at radius 3 is 0.591 bits per heavy atom. The van der Waals surface area contributed by atoms with Gasteiger partial charge in [-0.1, -0.05) is 89.8 Å². The van der Waals surface area contributed by atoms with E-state index in [9.17, 15) is 195 Å². The lowest BCUT2D eigenvalue weighted by molar-refractivity contribution is -0.405. The molecule has 0 spiro atoms. The Morgan fingerprint density at radius 2 is 0.478 bits per heavy atom. The minimum atomic E-state index is -6.11. The number of hydrogen-bond acceptors (Lipinski definition) is 15.